The molecule has 1 atom stereocenters. The minimum Gasteiger partial charge on any atom is -0.310 e. The average molecular weight is 340 g/mol. The van der Waals surface area contributed by atoms with E-state index in [2.05, 4.69) is 26.3 Å². The van der Waals surface area contributed by atoms with E-state index in [1.54, 1.807) is 6.20 Å². The summed E-state index contributed by atoms with van der Waals surface area (Å²) in [5, 5.41) is 7.51. The topological polar surface area (TPSA) is 29.9 Å². The molecule has 0 aliphatic rings. The van der Waals surface area contributed by atoms with Gasteiger partial charge in [0.1, 0.15) is 5.82 Å². The lowest BCUT2D eigenvalue weighted by Crippen LogP contribution is -2.22. The van der Waals surface area contributed by atoms with Crippen LogP contribution in [0.15, 0.2) is 34.9 Å². The zero-order valence-electron chi connectivity index (χ0n) is 11.7. The summed E-state index contributed by atoms with van der Waals surface area (Å²) >= 11 is 3.29. The van der Waals surface area contributed by atoms with Crippen LogP contribution in [0.4, 0.5) is 4.39 Å². The molecule has 108 valence electrons. The molecule has 0 amide bonds. The van der Waals surface area contributed by atoms with Crippen LogP contribution < -0.4 is 5.32 Å². The highest BCUT2D eigenvalue weighted by molar-refractivity contribution is 9.10. The molecule has 0 saturated carbocycles. The molecular formula is C15H19BrFN3. The van der Waals surface area contributed by atoms with Gasteiger partial charge in [-0.3, -0.25) is 4.68 Å². The van der Waals surface area contributed by atoms with Gasteiger partial charge in [-0.05, 0) is 37.6 Å². The molecule has 1 aromatic carbocycles. The summed E-state index contributed by atoms with van der Waals surface area (Å²) in [6.45, 7) is 2.85. The quantitative estimate of drug-likeness (QED) is 0.871. The summed E-state index contributed by atoms with van der Waals surface area (Å²) in [4.78, 5) is 0. The first-order valence-corrected chi connectivity index (χ1v) is 7.56. The van der Waals surface area contributed by atoms with Gasteiger partial charge in [0.05, 0.1) is 0 Å². The molecule has 0 saturated heterocycles. The van der Waals surface area contributed by atoms with Gasteiger partial charge in [-0.2, -0.15) is 5.10 Å². The van der Waals surface area contributed by atoms with Crippen molar-refractivity contribution in [3.8, 4) is 0 Å². The fourth-order valence-corrected chi connectivity index (χ4v) is 2.67. The lowest BCUT2D eigenvalue weighted by Gasteiger charge is -2.19. The molecule has 0 spiro atoms. The maximum Gasteiger partial charge on any atom is 0.129 e. The van der Waals surface area contributed by atoms with E-state index in [0.29, 0.717) is 0 Å². The maximum atomic E-state index is 14.1. The average Bonchev–Trinajstić information content (AvgIpc) is 2.81. The second kappa shape index (κ2) is 6.99. The Morgan fingerprint density at radius 2 is 2.20 bits per heavy atom. The third-order valence-electron chi connectivity index (χ3n) is 3.40. The first-order chi connectivity index (χ1) is 9.61. The summed E-state index contributed by atoms with van der Waals surface area (Å²) in [5.41, 5.74) is 1.88. The van der Waals surface area contributed by atoms with Crippen LogP contribution in [0.2, 0.25) is 0 Å². The monoisotopic (exact) mass is 339 g/mol. The number of rotatable bonds is 6. The standard InChI is InChI=1S/C15H19BrFN3/c1-3-18-15(7-5-12-8-9-19-20(12)2)13-6-4-11(16)10-14(13)17/h4,6,8-10,15,18H,3,5,7H2,1-2H3. The van der Waals surface area contributed by atoms with Crippen LogP contribution in [-0.4, -0.2) is 16.3 Å². The lowest BCUT2D eigenvalue weighted by molar-refractivity contribution is 0.479. The maximum absolute atomic E-state index is 14.1. The highest BCUT2D eigenvalue weighted by Crippen LogP contribution is 2.24. The number of benzene rings is 1. The number of hydrogen-bond acceptors (Lipinski definition) is 2. The Kier molecular flexibility index (Phi) is 5.31. The molecule has 0 radical (unpaired) electrons. The van der Waals surface area contributed by atoms with E-state index in [1.807, 2.05) is 36.9 Å². The van der Waals surface area contributed by atoms with E-state index >= 15 is 0 Å². The molecule has 0 bridgehead atoms. The van der Waals surface area contributed by atoms with Crippen LogP contribution in [-0.2, 0) is 13.5 Å². The van der Waals surface area contributed by atoms with Crippen LogP contribution in [0, 0.1) is 5.82 Å². The second-order valence-corrected chi connectivity index (χ2v) is 5.68. The highest BCUT2D eigenvalue weighted by atomic mass is 79.9. The van der Waals surface area contributed by atoms with Gasteiger partial charge in [0, 0.05) is 35.0 Å². The molecule has 2 rings (SSSR count). The Bertz CT molecular complexity index is 568. The first-order valence-electron chi connectivity index (χ1n) is 6.77. The Morgan fingerprint density at radius 1 is 1.40 bits per heavy atom. The van der Waals surface area contributed by atoms with E-state index in [-0.39, 0.29) is 11.9 Å². The van der Waals surface area contributed by atoms with E-state index < -0.39 is 0 Å². The third kappa shape index (κ3) is 3.67. The van der Waals surface area contributed by atoms with Gasteiger partial charge in [0.25, 0.3) is 0 Å². The molecule has 1 heterocycles. The Morgan fingerprint density at radius 3 is 2.80 bits per heavy atom. The Labute approximate surface area is 127 Å². The summed E-state index contributed by atoms with van der Waals surface area (Å²) in [6.07, 6.45) is 3.49. The molecule has 5 heteroatoms. The fraction of sp³-hybridized carbons (Fsp3) is 0.400. The van der Waals surface area contributed by atoms with Gasteiger partial charge in [-0.25, -0.2) is 4.39 Å². The molecule has 2 aromatic rings. The Hall–Kier alpha value is -1.20. The zero-order valence-corrected chi connectivity index (χ0v) is 13.3. The molecule has 0 fully saturated rings. The molecule has 3 nitrogen and oxygen atoms in total. The molecule has 1 N–H and O–H groups in total. The van der Waals surface area contributed by atoms with Gasteiger partial charge in [-0.15, -0.1) is 0 Å². The van der Waals surface area contributed by atoms with E-state index in [9.17, 15) is 4.39 Å². The van der Waals surface area contributed by atoms with Crippen molar-refractivity contribution in [3.05, 3.63) is 52.0 Å². The lowest BCUT2D eigenvalue weighted by atomic mass is 10.0. The van der Waals surface area contributed by atoms with Crippen LogP contribution in [0.25, 0.3) is 0 Å². The molecule has 1 aromatic heterocycles. The van der Waals surface area contributed by atoms with Crippen molar-refractivity contribution in [3.63, 3.8) is 0 Å². The van der Waals surface area contributed by atoms with Crippen molar-refractivity contribution in [2.45, 2.75) is 25.8 Å². The van der Waals surface area contributed by atoms with Gasteiger partial charge in [0.2, 0.25) is 0 Å². The number of halogens is 2. The normalized spacial score (nSPS) is 12.6. The van der Waals surface area contributed by atoms with Crippen molar-refractivity contribution in [1.82, 2.24) is 15.1 Å². The smallest absolute Gasteiger partial charge is 0.129 e. The molecule has 0 aliphatic heterocycles. The fourth-order valence-electron chi connectivity index (χ4n) is 2.34. The minimum absolute atomic E-state index is 0.0167. The number of hydrogen-bond donors (Lipinski definition) is 1. The summed E-state index contributed by atoms with van der Waals surface area (Å²) in [6, 6.07) is 7.26. The van der Waals surface area contributed by atoms with Crippen LogP contribution in [0.3, 0.4) is 0 Å². The van der Waals surface area contributed by atoms with Crippen LogP contribution in [0.1, 0.15) is 30.6 Å². The molecule has 1 unspecified atom stereocenters. The largest absolute Gasteiger partial charge is 0.310 e. The summed E-state index contributed by atoms with van der Waals surface area (Å²) in [7, 11) is 1.93. The van der Waals surface area contributed by atoms with Gasteiger partial charge < -0.3 is 5.32 Å². The van der Waals surface area contributed by atoms with Crippen molar-refractivity contribution in [2.24, 2.45) is 7.05 Å². The van der Waals surface area contributed by atoms with Crippen molar-refractivity contribution in [2.75, 3.05) is 6.54 Å². The number of aromatic nitrogens is 2. The number of aryl methyl sites for hydroxylation is 2. The van der Waals surface area contributed by atoms with Crippen LogP contribution in [0.5, 0.6) is 0 Å². The predicted octanol–water partition coefficient (Wildman–Crippen LogP) is 3.61. The first kappa shape index (κ1) is 15.2. The summed E-state index contributed by atoms with van der Waals surface area (Å²) in [5.74, 6) is -0.171. The van der Waals surface area contributed by atoms with Gasteiger partial charge in [0.15, 0.2) is 0 Å². The predicted molar refractivity (Wildman–Crippen MR) is 82.0 cm³/mol. The third-order valence-corrected chi connectivity index (χ3v) is 3.89. The zero-order chi connectivity index (χ0) is 14.5. The van der Waals surface area contributed by atoms with E-state index in [4.69, 9.17) is 0 Å². The van der Waals surface area contributed by atoms with Gasteiger partial charge in [-0.1, -0.05) is 28.9 Å². The number of nitrogens with one attached hydrogen (secondary N) is 1. The van der Waals surface area contributed by atoms with Gasteiger partial charge >= 0.3 is 0 Å². The second-order valence-electron chi connectivity index (χ2n) is 4.76. The minimum atomic E-state index is -0.171. The molecule has 20 heavy (non-hydrogen) atoms. The SMILES string of the molecule is CCNC(CCc1ccnn1C)c1ccc(Br)cc1F. The van der Waals surface area contributed by atoms with Crippen molar-refractivity contribution in [1.29, 1.82) is 0 Å². The van der Waals surface area contributed by atoms with Crippen LogP contribution >= 0.6 is 15.9 Å². The van der Waals surface area contributed by atoms with E-state index in [1.165, 1.54) is 6.07 Å². The van der Waals surface area contributed by atoms with E-state index in [0.717, 1.165) is 35.1 Å². The molecular weight excluding hydrogens is 321 g/mol. The molecule has 0 aliphatic carbocycles. The number of nitrogens with zero attached hydrogens (tertiary/aromatic N) is 2. The van der Waals surface area contributed by atoms with Crippen molar-refractivity contribution < 1.29 is 4.39 Å². The van der Waals surface area contributed by atoms with Crippen molar-refractivity contribution >= 4 is 15.9 Å². The summed E-state index contributed by atoms with van der Waals surface area (Å²) < 4.78 is 16.7. The highest BCUT2D eigenvalue weighted by Gasteiger charge is 2.15. The Balaban J connectivity index is 2.12.